The highest BCUT2D eigenvalue weighted by Gasteiger charge is 2.27. The Hall–Kier alpha value is -1.26. The molecule has 1 aliphatic rings. The van der Waals surface area contributed by atoms with Gasteiger partial charge in [0.1, 0.15) is 5.75 Å². The van der Waals surface area contributed by atoms with Crippen LogP contribution in [0.3, 0.4) is 0 Å². The molecule has 1 aliphatic heterocycles. The fraction of sp³-hybridized carbons (Fsp3) is 0.562. The maximum Gasteiger partial charge on any atom is 0.263 e. The third-order valence-corrected chi connectivity index (χ3v) is 4.23. The summed E-state index contributed by atoms with van der Waals surface area (Å²) in [6.45, 7) is 5.26. The maximum absolute atomic E-state index is 12.4. The Kier molecular flexibility index (Phi) is 5.48. The van der Waals surface area contributed by atoms with Crippen molar-refractivity contribution in [2.45, 2.75) is 32.8 Å². The number of aliphatic hydroxyl groups excluding tert-OH is 1. The van der Waals surface area contributed by atoms with Crippen molar-refractivity contribution >= 4 is 17.5 Å². The van der Waals surface area contributed by atoms with Crippen molar-refractivity contribution in [2.24, 2.45) is 5.92 Å². The van der Waals surface area contributed by atoms with Crippen molar-refractivity contribution in [3.8, 4) is 5.75 Å². The third kappa shape index (κ3) is 4.11. The number of nitrogens with zero attached hydrogens (tertiary/aromatic N) is 1. The first kappa shape index (κ1) is 16.1. The Balaban J connectivity index is 1.95. The number of aliphatic hydroxyl groups is 1. The van der Waals surface area contributed by atoms with Gasteiger partial charge in [0.2, 0.25) is 0 Å². The van der Waals surface area contributed by atoms with Crippen LogP contribution in [0.5, 0.6) is 5.75 Å². The smallest absolute Gasteiger partial charge is 0.263 e. The Morgan fingerprint density at radius 1 is 1.48 bits per heavy atom. The standard InChI is InChI=1S/C16H22ClNO3/c1-11-3-4-14(17)15(9-11)21-12(2)16(20)18-7-5-13(10-19)6-8-18/h3-4,9,12-13,19H,5-8,10H2,1-2H3. The fourth-order valence-electron chi connectivity index (χ4n) is 2.53. The fourth-order valence-corrected chi connectivity index (χ4v) is 2.70. The minimum atomic E-state index is -0.560. The number of hydrogen-bond donors (Lipinski definition) is 1. The third-order valence-electron chi connectivity index (χ3n) is 3.92. The molecule has 1 N–H and O–H groups in total. The summed E-state index contributed by atoms with van der Waals surface area (Å²) in [6.07, 6.45) is 1.13. The van der Waals surface area contributed by atoms with Crippen molar-refractivity contribution in [1.82, 2.24) is 4.90 Å². The number of halogens is 1. The van der Waals surface area contributed by atoms with Gasteiger partial charge in [-0.25, -0.2) is 0 Å². The molecule has 0 bridgehead atoms. The largest absolute Gasteiger partial charge is 0.479 e. The van der Waals surface area contributed by atoms with Crippen LogP contribution in [0.2, 0.25) is 5.02 Å². The number of benzene rings is 1. The molecule has 1 heterocycles. The zero-order valence-corrected chi connectivity index (χ0v) is 13.3. The van der Waals surface area contributed by atoms with E-state index < -0.39 is 6.10 Å². The van der Waals surface area contributed by atoms with Gasteiger partial charge in [-0.1, -0.05) is 17.7 Å². The lowest BCUT2D eigenvalue weighted by atomic mass is 9.97. The first-order chi connectivity index (χ1) is 10.0. The van der Waals surface area contributed by atoms with E-state index in [9.17, 15) is 4.79 Å². The molecular formula is C16H22ClNO3. The molecule has 1 atom stereocenters. The summed E-state index contributed by atoms with van der Waals surface area (Å²) in [5, 5.41) is 9.65. The Labute approximate surface area is 130 Å². The molecule has 4 nitrogen and oxygen atoms in total. The zero-order valence-electron chi connectivity index (χ0n) is 12.5. The van der Waals surface area contributed by atoms with Gasteiger partial charge in [0.05, 0.1) is 5.02 Å². The van der Waals surface area contributed by atoms with Crippen LogP contribution in [0.25, 0.3) is 0 Å². The van der Waals surface area contributed by atoms with Crippen molar-refractivity contribution in [2.75, 3.05) is 19.7 Å². The summed E-state index contributed by atoms with van der Waals surface area (Å²) in [7, 11) is 0. The molecule has 0 saturated carbocycles. The molecule has 0 spiro atoms. The average Bonchev–Trinajstić information content (AvgIpc) is 2.50. The summed E-state index contributed by atoms with van der Waals surface area (Å²) < 4.78 is 5.72. The average molecular weight is 312 g/mol. The van der Waals surface area contributed by atoms with Gasteiger partial charge < -0.3 is 14.7 Å². The number of piperidine rings is 1. The van der Waals surface area contributed by atoms with Gasteiger partial charge in [-0.05, 0) is 50.3 Å². The first-order valence-electron chi connectivity index (χ1n) is 7.33. The van der Waals surface area contributed by atoms with E-state index in [1.165, 1.54) is 0 Å². The predicted molar refractivity (Wildman–Crippen MR) is 82.7 cm³/mol. The quantitative estimate of drug-likeness (QED) is 0.930. The number of likely N-dealkylation sites (tertiary alicyclic amines) is 1. The van der Waals surface area contributed by atoms with Crippen molar-refractivity contribution in [1.29, 1.82) is 0 Å². The molecule has 1 saturated heterocycles. The van der Waals surface area contributed by atoms with Crippen LogP contribution in [0.15, 0.2) is 18.2 Å². The predicted octanol–water partition coefficient (Wildman–Crippen LogP) is 2.65. The van der Waals surface area contributed by atoms with E-state index >= 15 is 0 Å². The van der Waals surface area contributed by atoms with E-state index in [1.54, 1.807) is 17.9 Å². The van der Waals surface area contributed by atoms with Crippen molar-refractivity contribution < 1.29 is 14.6 Å². The molecule has 5 heteroatoms. The van der Waals surface area contributed by atoms with Crippen LogP contribution in [-0.2, 0) is 4.79 Å². The summed E-state index contributed by atoms with van der Waals surface area (Å²) in [4.78, 5) is 14.2. The van der Waals surface area contributed by atoms with E-state index in [0.717, 1.165) is 18.4 Å². The first-order valence-corrected chi connectivity index (χ1v) is 7.71. The van der Waals surface area contributed by atoms with Crippen LogP contribution in [-0.4, -0.2) is 41.7 Å². The second kappa shape index (κ2) is 7.14. The number of carbonyl (C=O) groups is 1. The lowest BCUT2D eigenvalue weighted by Crippen LogP contribution is -2.45. The molecule has 1 aromatic carbocycles. The van der Waals surface area contributed by atoms with E-state index in [2.05, 4.69) is 0 Å². The molecule has 0 aliphatic carbocycles. The van der Waals surface area contributed by atoms with Crippen LogP contribution in [0.4, 0.5) is 0 Å². The summed E-state index contributed by atoms with van der Waals surface area (Å²) in [6, 6.07) is 5.52. The van der Waals surface area contributed by atoms with E-state index in [4.69, 9.17) is 21.4 Å². The Morgan fingerprint density at radius 3 is 2.76 bits per heavy atom. The van der Waals surface area contributed by atoms with Crippen LogP contribution in [0, 0.1) is 12.8 Å². The van der Waals surface area contributed by atoms with Gasteiger partial charge in [-0.3, -0.25) is 4.79 Å². The highest BCUT2D eigenvalue weighted by atomic mass is 35.5. The summed E-state index contributed by atoms with van der Waals surface area (Å²) in [5.41, 5.74) is 1.04. The van der Waals surface area contributed by atoms with E-state index in [0.29, 0.717) is 29.8 Å². The van der Waals surface area contributed by atoms with E-state index in [-0.39, 0.29) is 12.5 Å². The molecule has 116 valence electrons. The number of hydrogen-bond acceptors (Lipinski definition) is 3. The molecule has 2 rings (SSSR count). The van der Waals surface area contributed by atoms with Gasteiger partial charge in [0.25, 0.3) is 5.91 Å². The molecule has 1 aromatic rings. The molecule has 0 aromatic heterocycles. The Morgan fingerprint density at radius 2 is 2.14 bits per heavy atom. The summed E-state index contributed by atoms with van der Waals surface area (Å²) >= 11 is 6.09. The van der Waals surface area contributed by atoms with Crippen LogP contribution in [0.1, 0.15) is 25.3 Å². The second-order valence-electron chi connectivity index (χ2n) is 5.65. The molecular weight excluding hydrogens is 290 g/mol. The van der Waals surface area contributed by atoms with Crippen molar-refractivity contribution in [3.05, 3.63) is 28.8 Å². The monoisotopic (exact) mass is 311 g/mol. The number of ether oxygens (including phenoxy) is 1. The summed E-state index contributed by atoms with van der Waals surface area (Å²) in [5.74, 6) is 0.836. The van der Waals surface area contributed by atoms with Gasteiger partial charge in [0.15, 0.2) is 6.10 Å². The lowest BCUT2D eigenvalue weighted by molar-refractivity contribution is -0.139. The molecule has 1 fully saturated rings. The molecule has 1 unspecified atom stereocenters. The minimum absolute atomic E-state index is 0.0241. The van der Waals surface area contributed by atoms with Gasteiger partial charge >= 0.3 is 0 Å². The highest BCUT2D eigenvalue weighted by Crippen LogP contribution is 2.27. The van der Waals surface area contributed by atoms with Gasteiger partial charge in [-0.2, -0.15) is 0 Å². The topological polar surface area (TPSA) is 49.8 Å². The normalized spacial score (nSPS) is 17.6. The van der Waals surface area contributed by atoms with E-state index in [1.807, 2.05) is 19.1 Å². The van der Waals surface area contributed by atoms with Crippen LogP contribution >= 0.6 is 11.6 Å². The molecule has 0 radical (unpaired) electrons. The van der Waals surface area contributed by atoms with Crippen LogP contribution < -0.4 is 4.74 Å². The molecule has 1 amide bonds. The molecule has 21 heavy (non-hydrogen) atoms. The SMILES string of the molecule is Cc1ccc(Cl)c(OC(C)C(=O)N2CCC(CO)CC2)c1. The number of aryl methyl sites for hydroxylation is 1. The zero-order chi connectivity index (χ0) is 15.4. The lowest BCUT2D eigenvalue weighted by Gasteiger charge is -2.32. The van der Waals surface area contributed by atoms with Gasteiger partial charge in [-0.15, -0.1) is 0 Å². The Bertz CT molecular complexity index is 498. The number of carbonyl (C=O) groups excluding carboxylic acids is 1. The van der Waals surface area contributed by atoms with Gasteiger partial charge in [0, 0.05) is 19.7 Å². The number of amides is 1. The van der Waals surface area contributed by atoms with Crippen molar-refractivity contribution in [3.63, 3.8) is 0 Å². The second-order valence-corrected chi connectivity index (χ2v) is 6.05. The maximum atomic E-state index is 12.4. The minimum Gasteiger partial charge on any atom is -0.479 e. The highest BCUT2D eigenvalue weighted by molar-refractivity contribution is 6.32. The number of rotatable bonds is 4.